The number of hydrogen-bond donors (Lipinski definition) is 1. The number of aromatic nitrogens is 3. The number of rotatable bonds is 1. The van der Waals surface area contributed by atoms with Crippen LogP contribution in [0.4, 0.5) is 10.7 Å². The van der Waals surface area contributed by atoms with Crippen molar-refractivity contribution in [2.24, 2.45) is 11.8 Å². The SMILES string of the molecule is Cc1ncnc(N2CC3CN(C(=O)O)CC3C2)n1. The Balaban J connectivity index is 1.70. The van der Waals surface area contributed by atoms with Gasteiger partial charge in [-0.3, -0.25) is 0 Å². The highest BCUT2D eigenvalue weighted by Gasteiger charge is 2.42. The summed E-state index contributed by atoms with van der Waals surface area (Å²) >= 11 is 0. The highest BCUT2D eigenvalue weighted by atomic mass is 16.4. The molecule has 2 fully saturated rings. The molecule has 3 heterocycles. The van der Waals surface area contributed by atoms with E-state index in [1.165, 1.54) is 11.2 Å². The Labute approximate surface area is 104 Å². The number of aryl methyl sites for hydroxylation is 1. The van der Waals surface area contributed by atoms with E-state index in [4.69, 9.17) is 5.11 Å². The molecule has 2 unspecified atom stereocenters. The van der Waals surface area contributed by atoms with Gasteiger partial charge < -0.3 is 14.9 Å². The minimum absolute atomic E-state index is 0.401. The lowest BCUT2D eigenvalue weighted by atomic mass is 10.0. The number of fused-ring (bicyclic) bond motifs is 1. The zero-order valence-corrected chi connectivity index (χ0v) is 10.2. The van der Waals surface area contributed by atoms with Gasteiger partial charge in [-0.05, 0) is 6.92 Å². The molecule has 1 aromatic heterocycles. The normalized spacial score (nSPS) is 26.5. The van der Waals surface area contributed by atoms with Crippen molar-refractivity contribution in [2.45, 2.75) is 6.92 Å². The fourth-order valence-corrected chi connectivity index (χ4v) is 2.83. The van der Waals surface area contributed by atoms with Gasteiger partial charge in [0.1, 0.15) is 12.2 Å². The lowest BCUT2D eigenvalue weighted by Gasteiger charge is -2.19. The van der Waals surface area contributed by atoms with Gasteiger partial charge >= 0.3 is 6.09 Å². The first kappa shape index (κ1) is 11.2. The van der Waals surface area contributed by atoms with E-state index in [0.717, 1.165) is 13.1 Å². The van der Waals surface area contributed by atoms with Crippen LogP contribution < -0.4 is 4.90 Å². The Morgan fingerprint density at radius 3 is 2.50 bits per heavy atom. The van der Waals surface area contributed by atoms with Crippen LogP contribution in [0.5, 0.6) is 0 Å². The van der Waals surface area contributed by atoms with Gasteiger partial charge in [-0.15, -0.1) is 0 Å². The van der Waals surface area contributed by atoms with Crippen molar-refractivity contribution in [1.82, 2.24) is 19.9 Å². The summed E-state index contributed by atoms with van der Waals surface area (Å²) in [5.74, 6) is 2.22. The third-order valence-corrected chi connectivity index (χ3v) is 3.72. The highest BCUT2D eigenvalue weighted by molar-refractivity contribution is 5.65. The predicted molar refractivity (Wildman–Crippen MR) is 63.4 cm³/mol. The molecule has 2 saturated heterocycles. The van der Waals surface area contributed by atoms with Gasteiger partial charge in [0.2, 0.25) is 5.95 Å². The third kappa shape index (κ3) is 1.85. The van der Waals surface area contributed by atoms with Crippen LogP contribution in [-0.2, 0) is 0 Å². The lowest BCUT2D eigenvalue weighted by Crippen LogP contribution is -2.32. The Hall–Kier alpha value is -1.92. The largest absolute Gasteiger partial charge is 0.465 e. The van der Waals surface area contributed by atoms with Gasteiger partial charge in [0.25, 0.3) is 0 Å². The summed E-state index contributed by atoms with van der Waals surface area (Å²) in [5, 5.41) is 8.97. The average Bonchev–Trinajstić information content (AvgIpc) is 2.86. The Morgan fingerprint density at radius 2 is 1.94 bits per heavy atom. The first-order valence-electron chi connectivity index (χ1n) is 6.02. The molecule has 2 atom stereocenters. The van der Waals surface area contributed by atoms with Crippen LogP contribution in [0.25, 0.3) is 0 Å². The molecule has 7 heteroatoms. The molecule has 2 aliphatic heterocycles. The van der Waals surface area contributed by atoms with Crippen molar-refractivity contribution < 1.29 is 9.90 Å². The molecule has 0 aromatic carbocycles. The summed E-state index contributed by atoms with van der Waals surface area (Å²) < 4.78 is 0. The van der Waals surface area contributed by atoms with Gasteiger partial charge in [-0.1, -0.05) is 0 Å². The summed E-state index contributed by atoms with van der Waals surface area (Å²) in [6.45, 7) is 4.76. The van der Waals surface area contributed by atoms with Crippen LogP contribution in [0.3, 0.4) is 0 Å². The standard InChI is InChI=1S/C11H15N5O2/c1-7-12-6-13-10(14-7)15-2-8-4-16(11(17)18)5-9(8)3-15/h6,8-9H,2-5H2,1H3,(H,17,18). The smallest absolute Gasteiger partial charge is 0.407 e. The fourth-order valence-electron chi connectivity index (χ4n) is 2.83. The summed E-state index contributed by atoms with van der Waals surface area (Å²) in [6.07, 6.45) is 0.710. The van der Waals surface area contributed by atoms with Gasteiger partial charge in [-0.2, -0.15) is 4.98 Å². The molecule has 3 rings (SSSR count). The fraction of sp³-hybridized carbons (Fsp3) is 0.636. The molecule has 2 aliphatic rings. The van der Waals surface area contributed by atoms with E-state index in [1.807, 2.05) is 6.92 Å². The van der Waals surface area contributed by atoms with E-state index >= 15 is 0 Å². The number of likely N-dealkylation sites (tertiary alicyclic amines) is 1. The second-order valence-electron chi connectivity index (χ2n) is 4.95. The van der Waals surface area contributed by atoms with E-state index in [9.17, 15) is 4.79 Å². The van der Waals surface area contributed by atoms with Gasteiger partial charge in [-0.25, -0.2) is 14.8 Å². The van der Waals surface area contributed by atoms with Crippen molar-refractivity contribution in [3.8, 4) is 0 Å². The molecule has 7 nitrogen and oxygen atoms in total. The Bertz CT molecular complexity index is 466. The van der Waals surface area contributed by atoms with Crippen molar-refractivity contribution >= 4 is 12.0 Å². The summed E-state index contributed by atoms with van der Waals surface area (Å²) in [6, 6.07) is 0. The molecule has 1 aromatic rings. The summed E-state index contributed by atoms with van der Waals surface area (Å²) in [4.78, 5) is 27.0. The van der Waals surface area contributed by atoms with E-state index in [2.05, 4.69) is 19.9 Å². The molecule has 0 bridgehead atoms. The molecule has 18 heavy (non-hydrogen) atoms. The first-order chi connectivity index (χ1) is 8.63. The molecule has 1 N–H and O–H groups in total. The van der Waals surface area contributed by atoms with Crippen LogP contribution in [0, 0.1) is 18.8 Å². The van der Waals surface area contributed by atoms with Gasteiger partial charge in [0, 0.05) is 38.0 Å². The molecule has 0 radical (unpaired) electrons. The molecule has 0 saturated carbocycles. The second-order valence-corrected chi connectivity index (χ2v) is 4.95. The van der Waals surface area contributed by atoms with Crippen LogP contribution >= 0.6 is 0 Å². The lowest BCUT2D eigenvalue weighted by molar-refractivity contribution is 0.153. The number of carbonyl (C=O) groups is 1. The molecular weight excluding hydrogens is 234 g/mol. The van der Waals surface area contributed by atoms with Crippen LogP contribution in [0.2, 0.25) is 0 Å². The maximum atomic E-state index is 10.9. The summed E-state index contributed by atoms with van der Waals surface area (Å²) in [7, 11) is 0. The maximum absolute atomic E-state index is 10.9. The number of amides is 1. The zero-order valence-electron chi connectivity index (χ0n) is 10.2. The predicted octanol–water partition coefficient (Wildman–Crippen LogP) is 0.226. The first-order valence-corrected chi connectivity index (χ1v) is 6.02. The summed E-state index contributed by atoms with van der Waals surface area (Å²) in [5.41, 5.74) is 0. The van der Waals surface area contributed by atoms with Crippen LogP contribution in [-0.4, -0.2) is 57.2 Å². The van der Waals surface area contributed by atoms with Gasteiger partial charge in [0.15, 0.2) is 0 Å². The monoisotopic (exact) mass is 249 g/mol. The molecule has 1 amide bonds. The molecule has 96 valence electrons. The van der Waals surface area contributed by atoms with E-state index in [0.29, 0.717) is 36.7 Å². The van der Waals surface area contributed by atoms with Crippen LogP contribution in [0.15, 0.2) is 6.33 Å². The quantitative estimate of drug-likeness (QED) is 0.767. The van der Waals surface area contributed by atoms with E-state index in [1.54, 1.807) is 0 Å². The Kier molecular flexibility index (Phi) is 2.53. The minimum atomic E-state index is -0.813. The number of nitrogens with zero attached hydrogens (tertiary/aromatic N) is 5. The van der Waals surface area contributed by atoms with Crippen molar-refractivity contribution in [2.75, 3.05) is 31.1 Å². The zero-order chi connectivity index (χ0) is 12.7. The minimum Gasteiger partial charge on any atom is -0.465 e. The van der Waals surface area contributed by atoms with Crippen molar-refractivity contribution in [3.63, 3.8) is 0 Å². The van der Waals surface area contributed by atoms with Crippen LogP contribution in [0.1, 0.15) is 5.82 Å². The highest BCUT2D eigenvalue weighted by Crippen LogP contribution is 2.32. The molecular formula is C11H15N5O2. The van der Waals surface area contributed by atoms with E-state index < -0.39 is 6.09 Å². The van der Waals surface area contributed by atoms with Gasteiger partial charge in [0.05, 0.1) is 0 Å². The van der Waals surface area contributed by atoms with Crippen molar-refractivity contribution in [1.29, 1.82) is 0 Å². The number of anilines is 1. The molecule has 0 aliphatic carbocycles. The average molecular weight is 249 g/mol. The Morgan fingerprint density at radius 1 is 1.28 bits per heavy atom. The number of hydrogen-bond acceptors (Lipinski definition) is 5. The van der Waals surface area contributed by atoms with Crippen molar-refractivity contribution in [3.05, 3.63) is 12.2 Å². The second kappa shape index (κ2) is 4.08. The third-order valence-electron chi connectivity index (χ3n) is 3.72. The van der Waals surface area contributed by atoms with E-state index in [-0.39, 0.29) is 0 Å². The molecule has 0 spiro atoms. The topological polar surface area (TPSA) is 82.5 Å². The number of carboxylic acid groups (broad SMARTS) is 1. The maximum Gasteiger partial charge on any atom is 0.407 e.